The molecule has 0 unspecified atom stereocenters. The van der Waals surface area contributed by atoms with Crippen LogP contribution in [-0.4, -0.2) is 60.7 Å². The Morgan fingerprint density at radius 2 is 1.08 bits per heavy atom. The maximum atomic E-state index is 12.2. The Labute approximate surface area is 351 Å². The van der Waals surface area contributed by atoms with Gasteiger partial charge in [0.25, 0.3) is 11.4 Å². The highest BCUT2D eigenvalue weighted by Crippen LogP contribution is 2.30. The van der Waals surface area contributed by atoms with Gasteiger partial charge in [0.05, 0.1) is 33.6 Å². The van der Waals surface area contributed by atoms with Gasteiger partial charge in [-0.1, -0.05) is 59.6 Å². The van der Waals surface area contributed by atoms with Crippen LogP contribution in [0.4, 0.5) is 51.7 Å². The largest absolute Gasteiger partial charge is 0.399 e. The van der Waals surface area contributed by atoms with Crippen molar-refractivity contribution >= 4 is 107 Å². The summed E-state index contributed by atoms with van der Waals surface area (Å²) in [7, 11) is -4.67. The van der Waals surface area contributed by atoms with Gasteiger partial charge in [-0.25, -0.2) is 36.2 Å². The van der Waals surface area contributed by atoms with Gasteiger partial charge >= 0.3 is 0 Å². The van der Waals surface area contributed by atoms with E-state index < -0.39 is 29.9 Å². The summed E-state index contributed by atoms with van der Waals surface area (Å²) in [4.78, 5) is 36.0. The van der Waals surface area contributed by atoms with E-state index in [0.717, 1.165) is 0 Å². The van der Waals surface area contributed by atoms with E-state index in [2.05, 4.69) is 45.3 Å². The Morgan fingerprint density at radius 3 is 1.58 bits per heavy atom. The third-order valence-corrected chi connectivity index (χ3v) is 10.9. The van der Waals surface area contributed by atoms with E-state index in [1.165, 1.54) is 69.0 Å². The lowest BCUT2D eigenvalue weighted by Gasteiger charge is -2.13. The minimum absolute atomic E-state index is 0.00542. The Balaban J connectivity index is 0.000000220. The topological polar surface area (TPSA) is 292 Å². The standard InChI is InChI=1S/C17H15ClN6O4S.C11H10Cl2N4O2S.C6H6N2O2/c1-19-29(27,28)15-8-3-2-7-14(15)22-16-13(18)10-20-17(23-16)21-11-5-4-6-12(9-11)24(25)26;1-14-20(18,19)9-5-3-2-4-8(9)16-10-7(12)6-15-11(13)17-10;7-5-2-1-3-6(4-5)8(9)10/h2-10,19H,1H3,(H2,20,21,22,23);2-6,14H,1H3,(H,15,16,17);1-4H,7H2. The maximum absolute atomic E-state index is 12.2. The van der Waals surface area contributed by atoms with E-state index in [1.54, 1.807) is 54.6 Å². The van der Waals surface area contributed by atoms with E-state index in [4.69, 9.17) is 40.5 Å². The second-order valence-corrected chi connectivity index (χ2v) is 16.0. The maximum Gasteiger partial charge on any atom is 0.271 e. The molecule has 2 aromatic heterocycles. The molecule has 4 aromatic carbocycles. The molecule has 0 spiro atoms. The number of hydrogen-bond donors (Lipinski definition) is 6. The van der Waals surface area contributed by atoms with Gasteiger partial charge in [0.1, 0.15) is 19.8 Å². The summed E-state index contributed by atoms with van der Waals surface area (Å²) in [5, 5.41) is 30.0. The van der Waals surface area contributed by atoms with Gasteiger partial charge in [-0.3, -0.25) is 20.2 Å². The first kappa shape index (κ1) is 45.4. The van der Waals surface area contributed by atoms with Crippen molar-refractivity contribution in [1.82, 2.24) is 29.4 Å². The molecule has 6 aromatic rings. The highest BCUT2D eigenvalue weighted by atomic mass is 35.5. The Bertz CT molecular complexity index is 2700. The van der Waals surface area contributed by atoms with Crippen molar-refractivity contribution < 1.29 is 26.7 Å². The Morgan fingerprint density at radius 1 is 0.610 bits per heavy atom. The number of benzene rings is 4. The van der Waals surface area contributed by atoms with Gasteiger partial charge in [0.2, 0.25) is 31.3 Å². The molecule has 0 saturated carbocycles. The molecule has 0 saturated heterocycles. The SMILES string of the molecule is CNS(=O)(=O)c1ccccc1Nc1nc(Cl)ncc1Cl.CNS(=O)(=O)c1ccccc1Nc1nc(Nc2cccc([N+](=O)[O-])c2)ncc1Cl.Nc1cccc([N+](=O)[O-])c1. The molecule has 2 heterocycles. The molecule has 0 atom stereocenters. The van der Waals surface area contributed by atoms with Crippen molar-refractivity contribution in [3.05, 3.63) is 145 Å². The highest BCUT2D eigenvalue weighted by molar-refractivity contribution is 7.90. The van der Waals surface area contributed by atoms with E-state index in [1.807, 2.05) is 0 Å². The molecule has 0 bridgehead atoms. The number of anilines is 7. The molecular weight excluding hydrogens is 875 g/mol. The van der Waals surface area contributed by atoms with E-state index >= 15 is 0 Å². The monoisotopic (exact) mass is 904 g/mol. The second-order valence-electron chi connectivity index (χ2n) is 11.2. The molecular formula is C34H31Cl3N12O8S2. The lowest BCUT2D eigenvalue weighted by atomic mass is 10.3. The lowest BCUT2D eigenvalue weighted by molar-refractivity contribution is -0.385. The van der Waals surface area contributed by atoms with E-state index in [0.29, 0.717) is 17.1 Å². The lowest BCUT2D eigenvalue weighted by Crippen LogP contribution is -2.19. The number of nitrogens with one attached hydrogen (secondary N) is 5. The third-order valence-electron chi connectivity index (χ3n) is 7.25. The zero-order valence-electron chi connectivity index (χ0n) is 30.4. The fraction of sp³-hybridized carbons (Fsp3) is 0.0588. The number of non-ortho nitro benzene ring substituents is 2. The molecule has 0 radical (unpaired) electrons. The van der Waals surface area contributed by atoms with Crippen molar-refractivity contribution in [2.45, 2.75) is 9.79 Å². The molecule has 25 heteroatoms. The quantitative estimate of drug-likeness (QED) is 0.0310. The number of rotatable bonds is 12. The second kappa shape index (κ2) is 20.4. The van der Waals surface area contributed by atoms with Crippen molar-refractivity contribution in [3.8, 4) is 0 Å². The van der Waals surface area contributed by atoms with Crippen LogP contribution in [0.5, 0.6) is 0 Å². The van der Waals surface area contributed by atoms with Gasteiger partial charge < -0.3 is 21.7 Å². The zero-order chi connectivity index (χ0) is 43.3. The van der Waals surface area contributed by atoms with Gasteiger partial charge in [0, 0.05) is 35.6 Å². The third kappa shape index (κ3) is 12.9. The normalized spacial score (nSPS) is 10.9. The molecule has 20 nitrogen and oxygen atoms in total. The van der Waals surface area contributed by atoms with Gasteiger partial charge in [-0.2, -0.15) is 9.97 Å². The smallest absolute Gasteiger partial charge is 0.271 e. The van der Waals surface area contributed by atoms with Gasteiger partial charge in [-0.05, 0) is 62.1 Å². The summed E-state index contributed by atoms with van der Waals surface area (Å²) >= 11 is 17.8. The molecule has 6 rings (SSSR count). The van der Waals surface area contributed by atoms with Crippen molar-refractivity contribution in [2.75, 3.05) is 35.8 Å². The van der Waals surface area contributed by atoms with Crippen LogP contribution in [0.1, 0.15) is 0 Å². The first-order valence-corrected chi connectivity index (χ1v) is 20.3. The number of sulfonamides is 2. The van der Waals surface area contributed by atoms with Gasteiger partial charge in [-0.15, -0.1) is 0 Å². The molecule has 0 fully saturated rings. The number of aromatic nitrogens is 4. The Kier molecular flexibility index (Phi) is 15.7. The molecule has 0 aliphatic heterocycles. The zero-order valence-corrected chi connectivity index (χ0v) is 34.3. The van der Waals surface area contributed by atoms with Crippen LogP contribution in [0, 0.1) is 20.2 Å². The van der Waals surface area contributed by atoms with E-state index in [9.17, 15) is 37.1 Å². The molecule has 0 aliphatic rings. The molecule has 0 amide bonds. The minimum atomic E-state index is -3.71. The van der Waals surface area contributed by atoms with Gasteiger partial charge in [0.15, 0.2) is 11.6 Å². The van der Waals surface area contributed by atoms with E-state index in [-0.39, 0.29) is 59.8 Å². The number of nitrogen functional groups attached to an aromatic ring is 1. The number of halogens is 3. The fourth-order valence-electron chi connectivity index (χ4n) is 4.50. The predicted octanol–water partition coefficient (Wildman–Crippen LogP) is 7.05. The van der Waals surface area contributed by atoms with Crippen LogP contribution in [0.15, 0.2) is 119 Å². The molecule has 0 aliphatic carbocycles. The summed E-state index contributed by atoms with van der Waals surface area (Å²) in [6.45, 7) is 0. The first-order chi connectivity index (χ1) is 27.9. The predicted molar refractivity (Wildman–Crippen MR) is 225 cm³/mol. The summed E-state index contributed by atoms with van der Waals surface area (Å²) < 4.78 is 52.8. The minimum Gasteiger partial charge on any atom is -0.399 e. The average Bonchev–Trinajstić information content (AvgIpc) is 3.21. The first-order valence-electron chi connectivity index (χ1n) is 16.2. The number of hydrogen-bond acceptors (Lipinski definition) is 16. The average molecular weight is 906 g/mol. The Hall–Kier alpha value is -6.27. The molecule has 7 N–H and O–H groups in total. The van der Waals surface area contributed by atoms with Crippen LogP contribution in [0.25, 0.3) is 0 Å². The number of nitrogens with two attached hydrogens (primary N) is 1. The van der Waals surface area contributed by atoms with Crippen LogP contribution >= 0.6 is 34.8 Å². The molecule has 308 valence electrons. The highest BCUT2D eigenvalue weighted by Gasteiger charge is 2.19. The summed E-state index contributed by atoms with van der Waals surface area (Å²) in [6, 6.07) is 24.3. The van der Waals surface area contributed by atoms with Crippen LogP contribution in [0.2, 0.25) is 15.3 Å². The summed E-state index contributed by atoms with van der Waals surface area (Å²) in [5.41, 5.74) is 6.65. The summed E-state index contributed by atoms with van der Waals surface area (Å²) in [5.74, 6) is 0.505. The van der Waals surface area contributed by atoms with Crippen LogP contribution < -0.4 is 31.1 Å². The number of para-hydroxylation sites is 2. The number of nitro groups is 2. The van der Waals surface area contributed by atoms with Crippen molar-refractivity contribution in [2.24, 2.45) is 0 Å². The number of nitro benzene ring substituents is 2. The summed E-state index contributed by atoms with van der Waals surface area (Å²) in [6.07, 6.45) is 2.65. The van der Waals surface area contributed by atoms with Crippen molar-refractivity contribution in [1.29, 1.82) is 0 Å². The van der Waals surface area contributed by atoms with Crippen molar-refractivity contribution in [3.63, 3.8) is 0 Å². The van der Waals surface area contributed by atoms with Crippen LogP contribution in [-0.2, 0) is 20.0 Å². The van der Waals surface area contributed by atoms with Crippen LogP contribution in [0.3, 0.4) is 0 Å². The molecule has 59 heavy (non-hydrogen) atoms. The number of nitrogens with zero attached hydrogens (tertiary/aromatic N) is 6. The fourth-order valence-corrected chi connectivity index (χ4v) is 6.68.